The number of hydrazine groups is 1. The van der Waals surface area contributed by atoms with E-state index in [4.69, 9.17) is 0 Å². The van der Waals surface area contributed by atoms with Crippen molar-refractivity contribution >= 4 is 27.7 Å². The number of alkyl halides is 1. The molecule has 0 aliphatic heterocycles. The van der Waals surface area contributed by atoms with Gasteiger partial charge in [-0.1, -0.05) is 22.9 Å². The summed E-state index contributed by atoms with van der Waals surface area (Å²) in [5, 5.41) is 0. The molecule has 0 aliphatic rings. The molecule has 0 aliphatic carbocycles. The fourth-order valence-corrected chi connectivity index (χ4v) is 0.528. The van der Waals surface area contributed by atoms with Crippen LogP contribution in [0.25, 0.3) is 0 Å². The van der Waals surface area contributed by atoms with Gasteiger partial charge < -0.3 is 0 Å². The molecule has 2 amide bonds. The largest absolute Gasteiger partial charge is 0.274 e. The summed E-state index contributed by atoms with van der Waals surface area (Å²) in [6, 6.07) is 0. The molecule has 0 saturated heterocycles. The maximum Gasteiger partial charge on any atom is 0.252 e. The van der Waals surface area contributed by atoms with Gasteiger partial charge in [0.05, 0.1) is 4.83 Å². The van der Waals surface area contributed by atoms with Crippen molar-refractivity contribution in [3.05, 3.63) is 0 Å². The summed E-state index contributed by atoms with van der Waals surface area (Å²) in [4.78, 5) is 21.0. The molecule has 0 aromatic carbocycles. The van der Waals surface area contributed by atoms with Crippen molar-refractivity contribution in [3.63, 3.8) is 0 Å². The van der Waals surface area contributed by atoms with E-state index in [2.05, 4.69) is 26.8 Å². The Balaban J connectivity index is 3.60. The zero-order valence-electron chi connectivity index (χ0n) is 6.48. The van der Waals surface area contributed by atoms with Crippen LogP contribution in [0.4, 0.5) is 0 Å². The predicted octanol–water partition coefficient (Wildman–Crippen LogP) is 0.327. The molecule has 2 N–H and O–H groups in total. The average molecular weight is 223 g/mol. The molecule has 0 aromatic heterocycles. The highest BCUT2D eigenvalue weighted by Gasteiger charge is 2.11. The summed E-state index contributed by atoms with van der Waals surface area (Å²) in [6.45, 7) is 3.20. The van der Waals surface area contributed by atoms with E-state index in [1.54, 1.807) is 0 Å². The van der Waals surface area contributed by atoms with Crippen LogP contribution in [-0.4, -0.2) is 16.6 Å². The monoisotopic (exact) mass is 222 g/mol. The molecular formula is C6H11BrN2O2. The van der Waals surface area contributed by atoms with Gasteiger partial charge in [-0.25, -0.2) is 0 Å². The molecular weight excluding hydrogens is 212 g/mol. The van der Waals surface area contributed by atoms with Crippen molar-refractivity contribution in [2.24, 2.45) is 0 Å². The van der Waals surface area contributed by atoms with E-state index in [0.29, 0.717) is 6.42 Å². The number of carbonyl (C=O) groups excluding carboxylic acids is 2. The average Bonchev–Trinajstić information content (AvgIpc) is 1.98. The number of nitrogens with one attached hydrogen (secondary N) is 2. The van der Waals surface area contributed by atoms with E-state index in [1.165, 1.54) is 6.92 Å². The SMILES string of the molecule is CCC(Br)C(=O)NNC(C)=O. The summed E-state index contributed by atoms with van der Waals surface area (Å²) >= 11 is 3.13. The summed E-state index contributed by atoms with van der Waals surface area (Å²) < 4.78 is 0. The van der Waals surface area contributed by atoms with Crippen LogP contribution in [0.3, 0.4) is 0 Å². The van der Waals surface area contributed by atoms with Gasteiger partial charge in [0, 0.05) is 6.92 Å². The second-order valence-electron chi connectivity index (χ2n) is 2.05. The standard InChI is InChI=1S/C6H11BrN2O2/c1-3-5(7)6(11)9-8-4(2)10/h5H,3H2,1-2H3,(H,8,10)(H,9,11). The van der Waals surface area contributed by atoms with Gasteiger partial charge in [-0.2, -0.15) is 0 Å². The number of halogens is 1. The van der Waals surface area contributed by atoms with E-state index in [9.17, 15) is 9.59 Å². The molecule has 64 valence electrons. The second-order valence-corrected chi connectivity index (χ2v) is 3.15. The Hall–Kier alpha value is -0.580. The third kappa shape index (κ3) is 4.78. The van der Waals surface area contributed by atoms with Gasteiger partial charge in [-0.3, -0.25) is 20.4 Å². The predicted molar refractivity (Wildman–Crippen MR) is 45.0 cm³/mol. The first-order valence-electron chi connectivity index (χ1n) is 3.28. The summed E-state index contributed by atoms with van der Waals surface area (Å²) in [6.07, 6.45) is 0.686. The smallest absolute Gasteiger partial charge is 0.252 e. The highest BCUT2D eigenvalue weighted by Crippen LogP contribution is 2.02. The maximum absolute atomic E-state index is 10.9. The summed E-state index contributed by atoms with van der Waals surface area (Å²) in [5.41, 5.74) is 4.44. The van der Waals surface area contributed by atoms with Crippen LogP contribution in [0.5, 0.6) is 0 Å². The lowest BCUT2D eigenvalue weighted by Crippen LogP contribution is -2.43. The number of amides is 2. The zero-order chi connectivity index (χ0) is 8.85. The van der Waals surface area contributed by atoms with E-state index in [-0.39, 0.29) is 16.6 Å². The first-order chi connectivity index (χ1) is 5.07. The van der Waals surface area contributed by atoms with E-state index < -0.39 is 0 Å². The van der Waals surface area contributed by atoms with Gasteiger partial charge in [-0.15, -0.1) is 0 Å². The molecule has 0 heterocycles. The molecule has 0 bridgehead atoms. The normalized spacial score (nSPS) is 11.9. The maximum atomic E-state index is 10.9. The number of rotatable bonds is 2. The highest BCUT2D eigenvalue weighted by molar-refractivity contribution is 9.10. The lowest BCUT2D eigenvalue weighted by atomic mass is 10.3. The Morgan fingerprint density at radius 3 is 2.36 bits per heavy atom. The summed E-state index contributed by atoms with van der Waals surface area (Å²) in [5.74, 6) is -0.517. The van der Waals surface area contributed by atoms with Gasteiger partial charge in [0.2, 0.25) is 5.91 Å². The minimum absolute atomic E-state index is 0.234. The molecule has 0 aromatic rings. The van der Waals surface area contributed by atoms with Crippen molar-refractivity contribution in [3.8, 4) is 0 Å². The Kier molecular flexibility index (Phi) is 4.85. The Bertz CT molecular complexity index is 161. The van der Waals surface area contributed by atoms with Gasteiger partial charge >= 0.3 is 0 Å². The fraction of sp³-hybridized carbons (Fsp3) is 0.667. The van der Waals surface area contributed by atoms with Crippen LogP contribution in [0.2, 0.25) is 0 Å². The van der Waals surface area contributed by atoms with Crippen molar-refractivity contribution in [2.45, 2.75) is 25.1 Å². The zero-order valence-corrected chi connectivity index (χ0v) is 8.06. The van der Waals surface area contributed by atoms with Crippen molar-refractivity contribution < 1.29 is 9.59 Å². The molecule has 0 rings (SSSR count). The molecule has 1 atom stereocenters. The van der Waals surface area contributed by atoms with Gasteiger partial charge in [0.25, 0.3) is 5.91 Å². The lowest BCUT2D eigenvalue weighted by molar-refractivity contribution is -0.127. The van der Waals surface area contributed by atoms with Crippen LogP contribution < -0.4 is 10.9 Å². The Morgan fingerprint density at radius 1 is 1.45 bits per heavy atom. The topological polar surface area (TPSA) is 58.2 Å². The van der Waals surface area contributed by atoms with Crippen LogP contribution >= 0.6 is 15.9 Å². The fourth-order valence-electron chi connectivity index (χ4n) is 0.413. The minimum Gasteiger partial charge on any atom is -0.274 e. The molecule has 0 radical (unpaired) electrons. The molecule has 4 nitrogen and oxygen atoms in total. The van der Waals surface area contributed by atoms with Crippen molar-refractivity contribution in [1.29, 1.82) is 0 Å². The number of carbonyl (C=O) groups is 2. The molecule has 1 unspecified atom stereocenters. The van der Waals surface area contributed by atoms with E-state index >= 15 is 0 Å². The molecule has 5 heteroatoms. The minimum atomic E-state index is -0.283. The van der Waals surface area contributed by atoms with Crippen LogP contribution in [0.1, 0.15) is 20.3 Å². The Labute approximate surface area is 73.8 Å². The highest BCUT2D eigenvalue weighted by atomic mass is 79.9. The number of hydrogen-bond donors (Lipinski definition) is 2. The third-order valence-electron chi connectivity index (χ3n) is 1.00. The van der Waals surface area contributed by atoms with Gasteiger partial charge in [0.15, 0.2) is 0 Å². The molecule has 11 heavy (non-hydrogen) atoms. The van der Waals surface area contributed by atoms with Gasteiger partial charge in [0.1, 0.15) is 0 Å². The summed E-state index contributed by atoms with van der Waals surface area (Å²) in [7, 11) is 0. The van der Waals surface area contributed by atoms with Crippen LogP contribution in [-0.2, 0) is 9.59 Å². The lowest BCUT2D eigenvalue weighted by Gasteiger charge is -2.07. The number of hydrogen-bond acceptors (Lipinski definition) is 2. The first-order valence-corrected chi connectivity index (χ1v) is 4.20. The Morgan fingerprint density at radius 2 is 2.00 bits per heavy atom. The first kappa shape index (κ1) is 10.4. The molecule has 0 spiro atoms. The van der Waals surface area contributed by atoms with Crippen molar-refractivity contribution in [1.82, 2.24) is 10.9 Å². The molecule has 0 saturated carbocycles. The third-order valence-corrected chi connectivity index (χ3v) is 2.07. The van der Waals surface area contributed by atoms with Crippen molar-refractivity contribution in [2.75, 3.05) is 0 Å². The van der Waals surface area contributed by atoms with Crippen LogP contribution in [0, 0.1) is 0 Å². The second kappa shape index (κ2) is 5.12. The van der Waals surface area contributed by atoms with Gasteiger partial charge in [-0.05, 0) is 6.42 Å². The van der Waals surface area contributed by atoms with Crippen LogP contribution in [0.15, 0.2) is 0 Å². The van der Waals surface area contributed by atoms with E-state index in [1.807, 2.05) is 6.92 Å². The van der Waals surface area contributed by atoms with E-state index in [0.717, 1.165) is 0 Å². The quantitative estimate of drug-likeness (QED) is 0.523. The molecule has 0 fully saturated rings.